The molecule has 0 aliphatic carbocycles. The smallest absolute Gasteiger partial charge is 0.224 e. The lowest BCUT2D eigenvalue weighted by atomic mass is 10.2. The van der Waals surface area contributed by atoms with Crippen molar-refractivity contribution < 1.29 is 14.3 Å². The van der Waals surface area contributed by atoms with Gasteiger partial charge in [0.15, 0.2) is 0 Å². The number of ether oxygens (including phenoxy) is 2. The maximum absolute atomic E-state index is 12.5. The van der Waals surface area contributed by atoms with E-state index in [1.165, 1.54) is 37.4 Å². The van der Waals surface area contributed by atoms with E-state index >= 15 is 0 Å². The van der Waals surface area contributed by atoms with Gasteiger partial charge < -0.3 is 9.47 Å². The molecule has 0 saturated carbocycles. The molecule has 0 bridgehead atoms. The molecule has 2 aromatic rings. The van der Waals surface area contributed by atoms with Crippen LogP contribution in [-0.4, -0.2) is 18.3 Å². The fourth-order valence-electron chi connectivity index (χ4n) is 2.69. The summed E-state index contributed by atoms with van der Waals surface area (Å²) in [6.45, 7) is 5.82. The van der Waals surface area contributed by atoms with Crippen LogP contribution in [0.15, 0.2) is 53.4 Å². The van der Waals surface area contributed by atoms with Crippen LogP contribution >= 0.6 is 11.8 Å². The van der Waals surface area contributed by atoms with E-state index in [1.807, 2.05) is 48.5 Å². The second-order valence-electron chi connectivity index (χ2n) is 6.85. The van der Waals surface area contributed by atoms with E-state index < -0.39 is 0 Å². The van der Waals surface area contributed by atoms with E-state index in [2.05, 4.69) is 13.8 Å². The van der Waals surface area contributed by atoms with Crippen LogP contribution in [0.5, 0.6) is 11.5 Å². The van der Waals surface area contributed by atoms with Crippen LogP contribution in [0, 0.1) is 0 Å². The standard InChI is InChI=1S/C24H32O3S/c1-3-5-7-8-9-19-27-21-12-10-20(11-13-21)24(25)28-23-16-14-22(15-17-23)26-18-6-4-2/h10-17H,3-9,18-19H2,1-2H3. The second-order valence-corrected chi connectivity index (χ2v) is 7.90. The third-order valence-corrected chi connectivity index (χ3v) is 5.34. The zero-order valence-electron chi connectivity index (χ0n) is 17.1. The lowest BCUT2D eigenvalue weighted by Gasteiger charge is -2.08. The normalized spacial score (nSPS) is 10.6. The highest BCUT2D eigenvalue weighted by Gasteiger charge is 2.09. The molecule has 0 N–H and O–H groups in total. The van der Waals surface area contributed by atoms with Gasteiger partial charge in [-0.05, 0) is 73.1 Å². The van der Waals surface area contributed by atoms with E-state index in [1.54, 1.807) is 0 Å². The number of carbonyl (C=O) groups is 1. The molecule has 0 amide bonds. The maximum Gasteiger partial charge on any atom is 0.224 e. The Hall–Kier alpha value is -1.94. The average Bonchev–Trinajstić information content (AvgIpc) is 2.72. The lowest BCUT2D eigenvalue weighted by molar-refractivity contribution is 0.108. The van der Waals surface area contributed by atoms with E-state index in [-0.39, 0.29) is 5.12 Å². The summed E-state index contributed by atoms with van der Waals surface area (Å²) in [5.74, 6) is 1.67. The molecular formula is C24H32O3S. The van der Waals surface area contributed by atoms with Gasteiger partial charge in [-0.15, -0.1) is 0 Å². The fourth-order valence-corrected chi connectivity index (χ4v) is 3.43. The third kappa shape index (κ3) is 8.39. The number of carbonyl (C=O) groups excluding carboxylic acids is 1. The van der Waals surface area contributed by atoms with E-state index in [9.17, 15) is 4.79 Å². The van der Waals surface area contributed by atoms with Gasteiger partial charge in [0.05, 0.1) is 13.2 Å². The quantitative estimate of drug-likeness (QED) is 0.264. The summed E-state index contributed by atoms with van der Waals surface area (Å²) in [5.41, 5.74) is 0.684. The van der Waals surface area contributed by atoms with Crippen molar-refractivity contribution in [3.8, 4) is 11.5 Å². The van der Waals surface area contributed by atoms with E-state index in [4.69, 9.17) is 9.47 Å². The molecule has 0 atom stereocenters. The zero-order chi connectivity index (χ0) is 20.0. The van der Waals surface area contributed by atoms with Crippen molar-refractivity contribution in [1.82, 2.24) is 0 Å². The van der Waals surface area contributed by atoms with Gasteiger partial charge in [-0.3, -0.25) is 4.79 Å². The minimum atomic E-state index is 0.0331. The lowest BCUT2D eigenvalue weighted by Crippen LogP contribution is -1.98. The molecule has 4 heteroatoms. The Labute approximate surface area is 173 Å². The van der Waals surface area contributed by atoms with E-state index in [0.717, 1.165) is 48.9 Å². The van der Waals surface area contributed by atoms with Crippen LogP contribution in [0.4, 0.5) is 0 Å². The van der Waals surface area contributed by atoms with Gasteiger partial charge in [0.25, 0.3) is 0 Å². The topological polar surface area (TPSA) is 35.5 Å². The highest BCUT2D eigenvalue weighted by Crippen LogP contribution is 2.26. The van der Waals surface area contributed by atoms with Crippen LogP contribution in [0.25, 0.3) is 0 Å². The molecule has 3 nitrogen and oxygen atoms in total. The number of benzene rings is 2. The van der Waals surface area contributed by atoms with E-state index in [0.29, 0.717) is 5.56 Å². The summed E-state index contributed by atoms with van der Waals surface area (Å²) in [6, 6.07) is 15.1. The summed E-state index contributed by atoms with van der Waals surface area (Å²) in [6.07, 6.45) is 8.28. The van der Waals surface area contributed by atoms with Crippen molar-refractivity contribution in [3.63, 3.8) is 0 Å². The van der Waals surface area contributed by atoms with Gasteiger partial charge in [0.2, 0.25) is 5.12 Å². The molecule has 0 aliphatic rings. The fraction of sp³-hybridized carbons (Fsp3) is 0.458. The van der Waals surface area contributed by atoms with Crippen LogP contribution in [0.2, 0.25) is 0 Å². The maximum atomic E-state index is 12.5. The Kier molecular flexibility index (Phi) is 10.6. The SMILES string of the molecule is CCCCCCCOc1ccc(C(=O)Sc2ccc(OCCCC)cc2)cc1. The van der Waals surface area contributed by atoms with Crippen molar-refractivity contribution >= 4 is 16.9 Å². The largest absolute Gasteiger partial charge is 0.494 e. The summed E-state index contributed by atoms with van der Waals surface area (Å²) < 4.78 is 11.4. The molecular weight excluding hydrogens is 368 g/mol. The number of hydrogen-bond acceptors (Lipinski definition) is 4. The molecule has 2 aromatic carbocycles. The monoisotopic (exact) mass is 400 g/mol. The Morgan fingerprint density at radius 1 is 0.714 bits per heavy atom. The summed E-state index contributed by atoms with van der Waals surface area (Å²) in [4.78, 5) is 13.4. The van der Waals surface area contributed by atoms with Gasteiger partial charge in [0, 0.05) is 10.5 Å². The zero-order valence-corrected chi connectivity index (χ0v) is 17.9. The van der Waals surface area contributed by atoms with Crippen molar-refractivity contribution in [2.24, 2.45) is 0 Å². The van der Waals surface area contributed by atoms with Gasteiger partial charge in [-0.1, -0.05) is 46.0 Å². The summed E-state index contributed by atoms with van der Waals surface area (Å²) in [7, 11) is 0. The molecule has 0 radical (unpaired) electrons. The van der Waals surface area contributed by atoms with Crippen LogP contribution in [0.3, 0.4) is 0 Å². The number of thioether (sulfide) groups is 1. The molecule has 152 valence electrons. The molecule has 0 unspecified atom stereocenters. The number of rotatable bonds is 13. The first-order chi connectivity index (χ1) is 13.7. The minimum absolute atomic E-state index is 0.0331. The molecule has 0 fully saturated rings. The Balaban J connectivity index is 1.76. The van der Waals surface area contributed by atoms with Crippen LogP contribution < -0.4 is 9.47 Å². The highest BCUT2D eigenvalue weighted by atomic mass is 32.2. The van der Waals surface area contributed by atoms with Crippen LogP contribution in [0.1, 0.15) is 69.2 Å². The molecule has 0 spiro atoms. The van der Waals surface area contributed by atoms with Crippen molar-refractivity contribution in [2.45, 2.75) is 63.7 Å². The van der Waals surface area contributed by atoms with Gasteiger partial charge in [-0.25, -0.2) is 0 Å². The van der Waals surface area contributed by atoms with Crippen LogP contribution in [-0.2, 0) is 0 Å². The Morgan fingerprint density at radius 2 is 1.25 bits per heavy atom. The highest BCUT2D eigenvalue weighted by molar-refractivity contribution is 8.14. The summed E-state index contributed by atoms with van der Waals surface area (Å²) in [5, 5.41) is 0.0331. The molecule has 28 heavy (non-hydrogen) atoms. The summed E-state index contributed by atoms with van der Waals surface area (Å²) >= 11 is 1.23. The number of hydrogen-bond donors (Lipinski definition) is 0. The first-order valence-electron chi connectivity index (χ1n) is 10.4. The first kappa shape index (κ1) is 22.4. The number of unbranched alkanes of at least 4 members (excludes halogenated alkanes) is 5. The Morgan fingerprint density at radius 3 is 1.86 bits per heavy atom. The Bertz CT molecular complexity index is 680. The van der Waals surface area contributed by atoms with Crippen molar-refractivity contribution in [3.05, 3.63) is 54.1 Å². The second kappa shape index (κ2) is 13.3. The molecule has 2 rings (SSSR count). The van der Waals surface area contributed by atoms with Gasteiger partial charge >= 0.3 is 0 Å². The first-order valence-corrected chi connectivity index (χ1v) is 11.2. The minimum Gasteiger partial charge on any atom is -0.494 e. The molecule has 0 saturated heterocycles. The predicted octanol–water partition coefficient (Wildman–Crippen LogP) is 7.15. The molecule has 0 aromatic heterocycles. The van der Waals surface area contributed by atoms with Crippen molar-refractivity contribution in [2.75, 3.05) is 13.2 Å². The molecule has 0 heterocycles. The average molecular weight is 401 g/mol. The van der Waals surface area contributed by atoms with Crippen molar-refractivity contribution in [1.29, 1.82) is 0 Å². The van der Waals surface area contributed by atoms with Gasteiger partial charge in [0.1, 0.15) is 11.5 Å². The van der Waals surface area contributed by atoms with Gasteiger partial charge in [-0.2, -0.15) is 0 Å². The third-order valence-electron chi connectivity index (χ3n) is 4.41. The molecule has 0 aliphatic heterocycles. The predicted molar refractivity (Wildman–Crippen MR) is 118 cm³/mol.